The Balaban J connectivity index is 0.000000516. The Hall–Kier alpha value is -1.80. The molecule has 0 radical (unpaired) electrons. The third-order valence-electron chi connectivity index (χ3n) is 5.75. The Morgan fingerprint density at radius 1 is 1.14 bits per heavy atom. The molecule has 29 heavy (non-hydrogen) atoms. The van der Waals surface area contributed by atoms with E-state index in [1.165, 1.54) is 0 Å². The van der Waals surface area contributed by atoms with Crippen LogP contribution in [0.3, 0.4) is 0 Å². The average Bonchev–Trinajstić information content (AvgIpc) is 3.20. The summed E-state index contributed by atoms with van der Waals surface area (Å²) in [7, 11) is 0. The standard InChI is InChI=1S/C15H23F3N2O2.C5H11NO/c1-9-7-20(8-13(9,2)3)11(21)10(14(4)5-6-14)19-12(22)15(16,17)18;1-5(2,3)6-4-7/h9-10H,5-8H2,1-4H3,(H,19,22);4H,1-3H3,(H,6,7). The maximum Gasteiger partial charge on any atom is 0.471 e. The molecule has 2 rings (SSSR count). The number of nitrogens with zero attached hydrogens (tertiary/aromatic N) is 1. The van der Waals surface area contributed by atoms with E-state index in [4.69, 9.17) is 0 Å². The second-order valence-corrected chi connectivity index (χ2v) is 10.2. The van der Waals surface area contributed by atoms with Crippen LogP contribution in [0.25, 0.3) is 0 Å². The minimum absolute atomic E-state index is 0.0677. The lowest BCUT2D eigenvalue weighted by molar-refractivity contribution is -0.175. The van der Waals surface area contributed by atoms with Crippen LogP contribution in [0, 0.1) is 16.7 Å². The molecule has 0 aromatic carbocycles. The van der Waals surface area contributed by atoms with Crippen LogP contribution in [0.5, 0.6) is 0 Å². The zero-order valence-corrected chi connectivity index (χ0v) is 18.4. The summed E-state index contributed by atoms with van der Waals surface area (Å²) >= 11 is 0. The van der Waals surface area contributed by atoms with E-state index in [0.29, 0.717) is 32.3 Å². The summed E-state index contributed by atoms with van der Waals surface area (Å²) in [5.41, 5.74) is -0.700. The van der Waals surface area contributed by atoms with E-state index >= 15 is 0 Å². The minimum atomic E-state index is -4.97. The predicted octanol–water partition coefficient (Wildman–Crippen LogP) is 2.87. The smallest absolute Gasteiger partial charge is 0.354 e. The highest BCUT2D eigenvalue weighted by molar-refractivity contribution is 5.91. The largest absolute Gasteiger partial charge is 0.471 e. The molecule has 2 atom stereocenters. The van der Waals surface area contributed by atoms with Crippen molar-refractivity contribution in [1.82, 2.24) is 15.5 Å². The maximum absolute atomic E-state index is 12.7. The van der Waals surface area contributed by atoms with Crippen molar-refractivity contribution in [2.24, 2.45) is 16.7 Å². The Kier molecular flexibility index (Phi) is 7.41. The van der Waals surface area contributed by atoms with E-state index in [1.54, 1.807) is 11.8 Å². The summed E-state index contributed by atoms with van der Waals surface area (Å²) in [6.07, 6.45) is -2.97. The molecular formula is C20H34F3N3O3. The minimum Gasteiger partial charge on any atom is -0.354 e. The third-order valence-corrected chi connectivity index (χ3v) is 5.75. The average molecular weight is 422 g/mol. The normalized spacial score (nSPS) is 23.4. The van der Waals surface area contributed by atoms with Crippen molar-refractivity contribution in [3.05, 3.63) is 0 Å². The second kappa shape index (κ2) is 8.52. The van der Waals surface area contributed by atoms with Crippen LogP contribution < -0.4 is 10.6 Å². The first-order chi connectivity index (χ1) is 12.9. The van der Waals surface area contributed by atoms with Gasteiger partial charge in [-0.1, -0.05) is 27.7 Å². The molecule has 6 nitrogen and oxygen atoms in total. The molecule has 2 aliphatic rings. The Morgan fingerprint density at radius 2 is 1.66 bits per heavy atom. The molecule has 3 amide bonds. The van der Waals surface area contributed by atoms with Crippen molar-refractivity contribution in [3.63, 3.8) is 0 Å². The molecule has 9 heteroatoms. The highest BCUT2D eigenvalue weighted by atomic mass is 19.4. The molecule has 0 aromatic heterocycles. The number of rotatable bonds is 4. The molecule has 1 aliphatic carbocycles. The van der Waals surface area contributed by atoms with E-state index < -0.39 is 29.4 Å². The molecule has 0 spiro atoms. The number of carbonyl (C=O) groups excluding carboxylic acids is 3. The lowest BCUT2D eigenvalue weighted by Gasteiger charge is -2.29. The zero-order chi connectivity index (χ0) is 22.8. The number of hydrogen-bond acceptors (Lipinski definition) is 3. The number of likely N-dealkylation sites (tertiary alicyclic amines) is 1. The number of halogens is 3. The third kappa shape index (κ3) is 7.19. The van der Waals surface area contributed by atoms with Gasteiger partial charge in [0.1, 0.15) is 6.04 Å². The summed E-state index contributed by atoms with van der Waals surface area (Å²) in [5, 5.41) is 4.53. The molecular weight excluding hydrogens is 387 g/mol. The number of amides is 3. The Labute approximate surface area is 171 Å². The lowest BCUT2D eigenvalue weighted by atomic mass is 9.84. The van der Waals surface area contributed by atoms with E-state index in [0.717, 1.165) is 0 Å². The zero-order valence-electron chi connectivity index (χ0n) is 18.4. The molecule has 0 bridgehead atoms. The summed E-state index contributed by atoms with van der Waals surface area (Å²) in [5.74, 6) is -2.16. The van der Waals surface area contributed by atoms with Crippen molar-refractivity contribution in [1.29, 1.82) is 0 Å². The maximum atomic E-state index is 12.7. The number of hydrogen-bond donors (Lipinski definition) is 2. The van der Waals surface area contributed by atoms with Crippen LogP contribution in [0.2, 0.25) is 0 Å². The summed E-state index contributed by atoms with van der Waals surface area (Å²) < 4.78 is 37.5. The van der Waals surface area contributed by atoms with Gasteiger partial charge in [-0.2, -0.15) is 13.2 Å². The van der Waals surface area contributed by atoms with Crippen LogP contribution in [-0.4, -0.2) is 54.0 Å². The van der Waals surface area contributed by atoms with Gasteiger partial charge in [0.15, 0.2) is 0 Å². The van der Waals surface area contributed by atoms with Crippen molar-refractivity contribution >= 4 is 18.2 Å². The van der Waals surface area contributed by atoms with E-state index in [-0.39, 0.29) is 16.9 Å². The van der Waals surface area contributed by atoms with Gasteiger partial charge in [0.2, 0.25) is 12.3 Å². The van der Waals surface area contributed by atoms with Crippen LogP contribution in [0.4, 0.5) is 13.2 Å². The second-order valence-electron chi connectivity index (χ2n) is 10.2. The monoisotopic (exact) mass is 421 g/mol. The Morgan fingerprint density at radius 3 is 1.93 bits per heavy atom. The fraction of sp³-hybridized carbons (Fsp3) is 0.850. The van der Waals surface area contributed by atoms with Crippen LogP contribution in [0.1, 0.15) is 61.3 Å². The molecule has 168 valence electrons. The summed E-state index contributed by atoms with van der Waals surface area (Å²) in [4.78, 5) is 35.2. The van der Waals surface area contributed by atoms with E-state index in [9.17, 15) is 27.6 Å². The highest BCUT2D eigenvalue weighted by Gasteiger charge is 2.54. The Bertz CT molecular complexity index is 623. The number of nitrogens with one attached hydrogen (secondary N) is 2. The fourth-order valence-corrected chi connectivity index (χ4v) is 3.05. The lowest BCUT2D eigenvalue weighted by Crippen LogP contribution is -2.55. The van der Waals surface area contributed by atoms with Gasteiger partial charge in [0.25, 0.3) is 0 Å². The van der Waals surface area contributed by atoms with Gasteiger partial charge in [-0.05, 0) is 50.4 Å². The molecule has 1 saturated heterocycles. The van der Waals surface area contributed by atoms with Crippen molar-refractivity contribution in [3.8, 4) is 0 Å². The quantitative estimate of drug-likeness (QED) is 0.685. The van der Waals surface area contributed by atoms with Gasteiger partial charge in [-0.3, -0.25) is 14.4 Å². The van der Waals surface area contributed by atoms with Gasteiger partial charge in [0, 0.05) is 18.6 Å². The molecule has 1 aliphatic heterocycles. The van der Waals surface area contributed by atoms with Crippen LogP contribution in [0.15, 0.2) is 0 Å². The van der Waals surface area contributed by atoms with Crippen LogP contribution >= 0.6 is 0 Å². The first-order valence-corrected chi connectivity index (χ1v) is 9.81. The molecule has 2 fully saturated rings. The van der Waals surface area contributed by atoms with Crippen molar-refractivity contribution in [2.75, 3.05) is 13.1 Å². The summed E-state index contributed by atoms with van der Waals surface area (Å²) in [6, 6.07) is -1.09. The number of carbonyl (C=O) groups is 3. The van der Waals surface area contributed by atoms with Gasteiger partial charge in [-0.25, -0.2) is 0 Å². The molecule has 1 heterocycles. The molecule has 1 saturated carbocycles. The first-order valence-electron chi connectivity index (χ1n) is 9.81. The van der Waals surface area contributed by atoms with Crippen LogP contribution in [-0.2, 0) is 14.4 Å². The van der Waals surface area contributed by atoms with Gasteiger partial charge in [-0.15, -0.1) is 0 Å². The predicted molar refractivity (Wildman–Crippen MR) is 104 cm³/mol. The SMILES string of the molecule is CC(C)(C)NC=O.CC1CN(C(=O)C(NC(=O)C(F)(F)F)C2(C)CC2)CC1(C)C. The number of alkyl halides is 3. The topological polar surface area (TPSA) is 78.5 Å². The summed E-state index contributed by atoms with van der Waals surface area (Å²) in [6.45, 7) is 14.7. The van der Waals surface area contributed by atoms with Gasteiger partial charge >= 0.3 is 12.1 Å². The fourth-order valence-electron chi connectivity index (χ4n) is 3.05. The molecule has 2 N–H and O–H groups in total. The highest BCUT2D eigenvalue weighted by Crippen LogP contribution is 2.49. The van der Waals surface area contributed by atoms with Crippen molar-refractivity contribution in [2.45, 2.75) is 79.1 Å². The van der Waals surface area contributed by atoms with E-state index in [2.05, 4.69) is 5.32 Å². The van der Waals surface area contributed by atoms with E-state index in [1.807, 2.05) is 46.9 Å². The molecule has 2 unspecified atom stereocenters. The van der Waals surface area contributed by atoms with Gasteiger partial charge < -0.3 is 15.5 Å². The first kappa shape index (κ1) is 25.2. The van der Waals surface area contributed by atoms with Crippen molar-refractivity contribution < 1.29 is 27.6 Å². The molecule has 0 aromatic rings. The van der Waals surface area contributed by atoms with Gasteiger partial charge in [0.05, 0.1) is 0 Å².